The fourth-order valence-electron chi connectivity index (χ4n) is 1.67. The molecule has 92 valence electrons. The monoisotopic (exact) mass is 223 g/mol. The molecule has 2 nitrogen and oxygen atoms in total. The van der Waals surface area contributed by atoms with Crippen molar-refractivity contribution in [1.29, 1.82) is 0 Å². The Hall–Kier alpha value is -0.970. The number of hydrogen-bond donors (Lipinski definition) is 1. The predicted octanol–water partition coefficient (Wildman–Crippen LogP) is 3.12. The summed E-state index contributed by atoms with van der Waals surface area (Å²) in [6.45, 7) is 4.54. The molecule has 2 heteroatoms. The third-order valence-electron chi connectivity index (χ3n) is 2.80. The van der Waals surface area contributed by atoms with Gasteiger partial charge in [0.05, 0.1) is 6.54 Å². The van der Waals surface area contributed by atoms with Crippen LogP contribution in [-0.2, 0) is 4.79 Å². The fraction of sp³-hybridized carbons (Fsp3) is 0.786. The molecule has 0 rings (SSSR count). The molecular weight excluding hydrogens is 198 g/mol. The van der Waals surface area contributed by atoms with Crippen LogP contribution in [0.2, 0.25) is 0 Å². The van der Waals surface area contributed by atoms with Gasteiger partial charge < -0.3 is 5.32 Å². The molecule has 0 unspecified atom stereocenters. The van der Waals surface area contributed by atoms with Crippen molar-refractivity contribution in [3.8, 4) is 12.3 Å². The lowest BCUT2D eigenvalue weighted by Crippen LogP contribution is -2.29. The van der Waals surface area contributed by atoms with E-state index in [1.54, 1.807) is 0 Å². The third-order valence-corrected chi connectivity index (χ3v) is 2.80. The molecule has 0 spiro atoms. The summed E-state index contributed by atoms with van der Waals surface area (Å²) in [5.74, 6) is 2.60. The molecule has 0 heterocycles. The minimum atomic E-state index is 0.0894. The number of amides is 1. The van der Waals surface area contributed by atoms with E-state index >= 15 is 0 Å². The predicted molar refractivity (Wildman–Crippen MR) is 69.0 cm³/mol. The number of carbonyl (C=O) groups is 1. The molecular formula is C14H25NO. The van der Waals surface area contributed by atoms with Gasteiger partial charge in [-0.25, -0.2) is 0 Å². The molecule has 0 saturated heterocycles. The van der Waals surface area contributed by atoms with Gasteiger partial charge in [0.15, 0.2) is 0 Å². The molecule has 1 amide bonds. The summed E-state index contributed by atoms with van der Waals surface area (Å²) in [7, 11) is 0. The van der Waals surface area contributed by atoms with Gasteiger partial charge >= 0.3 is 0 Å². The van der Waals surface area contributed by atoms with Crippen molar-refractivity contribution in [2.75, 3.05) is 6.54 Å². The van der Waals surface area contributed by atoms with E-state index in [0.29, 0.717) is 6.54 Å². The second-order valence-electron chi connectivity index (χ2n) is 4.38. The highest BCUT2D eigenvalue weighted by molar-refractivity contribution is 5.78. The van der Waals surface area contributed by atoms with E-state index in [9.17, 15) is 4.79 Å². The summed E-state index contributed by atoms with van der Waals surface area (Å²) in [6, 6.07) is 0. The van der Waals surface area contributed by atoms with Gasteiger partial charge in [-0.15, -0.1) is 6.42 Å². The van der Waals surface area contributed by atoms with Crippen molar-refractivity contribution < 1.29 is 4.79 Å². The number of nitrogens with one attached hydrogen (secondary N) is 1. The normalized spacial score (nSPS) is 11.8. The van der Waals surface area contributed by atoms with Crippen LogP contribution in [0.4, 0.5) is 0 Å². The van der Waals surface area contributed by atoms with Crippen LogP contribution in [0, 0.1) is 18.3 Å². The van der Waals surface area contributed by atoms with Gasteiger partial charge in [0.25, 0.3) is 0 Å². The van der Waals surface area contributed by atoms with Crippen LogP contribution in [0.3, 0.4) is 0 Å². The fourth-order valence-corrected chi connectivity index (χ4v) is 1.67. The maximum Gasteiger partial charge on any atom is 0.223 e. The van der Waals surface area contributed by atoms with Gasteiger partial charge in [0.1, 0.15) is 0 Å². The Morgan fingerprint density at radius 1 is 1.25 bits per heavy atom. The summed E-state index contributed by atoms with van der Waals surface area (Å²) in [4.78, 5) is 11.5. The highest BCUT2D eigenvalue weighted by Crippen LogP contribution is 2.11. The SMILES string of the molecule is C#CCNC(=O)[C@@H](C)CCCCCCCC. The minimum Gasteiger partial charge on any atom is -0.345 e. The zero-order chi connectivity index (χ0) is 12.2. The lowest BCUT2D eigenvalue weighted by atomic mass is 10.0. The molecule has 0 aliphatic heterocycles. The van der Waals surface area contributed by atoms with Crippen LogP contribution in [0.25, 0.3) is 0 Å². The van der Waals surface area contributed by atoms with Gasteiger partial charge in [0.2, 0.25) is 5.91 Å². The van der Waals surface area contributed by atoms with Crippen molar-refractivity contribution in [3.05, 3.63) is 0 Å². The number of rotatable bonds is 9. The summed E-state index contributed by atoms with van der Waals surface area (Å²) < 4.78 is 0. The first kappa shape index (κ1) is 15.0. The Morgan fingerprint density at radius 2 is 1.88 bits per heavy atom. The second-order valence-corrected chi connectivity index (χ2v) is 4.38. The van der Waals surface area contributed by atoms with Gasteiger partial charge in [-0.1, -0.05) is 58.3 Å². The second kappa shape index (κ2) is 10.5. The van der Waals surface area contributed by atoms with Crippen LogP contribution in [0.1, 0.15) is 58.8 Å². The molecule has 16 heavy (non-hydrogen) atoms. The molecule has 0 aliphatic rings. The smallest absolute Gasteiger partial charge is 0.223 e. The van der Waals surface area contributed by atoms with E-state index in [-0.39, 0.29) is 11.8 Å². The summed E-state index contributed by atoms with van der Waals surface area (Å²) in [5, 5.41) is 2.72. The van der Waals surface area contributed by atoms with E-state index in [1.807, 2.05) is 6.92 Å². The average Bonchev–Trinajstić information content (AvgIpc) is 2.30. The van der Waals surface area contributed by atoms with Gasteiger partial charge in [-0.05, 0) is 6.42 Å². The summed E-state index contributed by atoms with van der Waals surface area (Å²) in [5.41, 5.74) is 0. The van der Waals surface area contributed by atoms with Crippen LogP contribution in [-0.4, -0.2) is 12.5 Å². The number of unbranched alkanes of at least 4 members (excludes halogenated alkanes) is 5. The van der Waals surface area contributed by atoms with E-state index in [2.05, 4.69) is 18.2 Å². The molecule has 0 aromatic carbocycles. The highest BCUT2D eigenvalue weighted by atomic mass is 16.1. The van der Waals surface area contributed by atoms with Gasteiger partial charge in [-0.2, -0.15) is 0 Å². The minimum absolute atomic E-state index is 0.0894. The Labute approximate surface area is 100 Å². The molecule has 0 radical (unpaired) electrons. The molecule has 0 aromatic heterocycles. The maximum absolute atomic E-state index is 11.5. The number of terminal acetylenes is 1. The summed E-state index contributed by atoms with van der Waals surface area (Å²) in [6.07, 6.45) is 13.7. The molecule has 0 aromatic rings. The van der Waals surface area contributed by atoms with Crippen molar-refractivity contribution >= 4 is 5.91 Å². The zero-order valence-electron chi connectivity index (χ0n) is 10.7. The standard InChI is InChI=1S/C14H25NO/c1-4-6-7-8-9-10-11-13(3)14(16)15-12-5-2/h2,13H,4,6-12H2,1,3H3,(H,15,16)/t13-/m0/s1. The van der Waals surface area contributed by atoms with Crippen LogP contribution in [0.5, 0.6) is 0 Å². The van der Waals surface area contributed by atoms with Crippen molar-refractivity contribution in [3.63, 3.8) is 0 Å². The van der Waals surface area contributed by atoms with Gasteiger partial charge in [0, 0.05) is 5.92 Å². The highest BCUT2D eigenvalue weighted by Gasteiger charge is 2.10. The Morgan fingerprint density at radius 3 is 2.50 bits per heavy atom. The van der Waals surface area contributed by atoms with Crippen molar-refractivity contribution in [2.24, 2.45) is 5.92 Å². The largest absolute Gasteiger partial charge is 0.345 e. The summed E-state index contributed by atoms with van der Waals surface area (Å²) >= 11 is 0. The van der Waals surface area contributed by atoms with Gasteiger partial charge in [-0.3, -0.25) is 4.79 Å². The quantitative estimate of drug-likeness (QED) is 0.472. The Bertz CT molecular complexity index is 217. The molecule has 0 fully saturated rings. The molecule has 0 bridgehead atoms. The van der Waals surface area contributed by atoms with E-state index in [4.69, 9.17) is 6.42 Å². The van der Waals surface area contributed by atoms with E-state index in [1.165, 1.54) is 32.1 Å². The average molecular weight is 223 g/mol. The number of carbonyl (C=O) groups excluding carboxylic acids is 1. The van der Waals surface area contributed by atoms with Crippen LogP contribution in [0.15, 0.2) is 0 Å². The van der Waals surface area contributed by atoms with E-state index < -0.39 is 0 Å². The van der Waals surface area contributed by atoms with E-state index in [0.717, 1.165) is 12.8 Å². The third kappa shape index (κ3) is 8.35. The molecule has 1 N–H and O–H groups in total. The lowest BCUT2D eigenvalue weighted by Gasteiger charge is -2.10. The first-order valence-corrected chi connectivity index (χ1v) is 6.43. The van der Waals surface area contributed by atoms with Crippen molar-refractivity contribution in [2.45, 2.75) is 58.8 Å². The Balaban J connectivity index is 3.39. The number of hydrogen-bond acceptors (Lipinski definition) is 1. The molecule has 0 aliphatic carbocycles. The first-order chi connectivity index (χ1) is 7.72. The molecule has 0 saturated carbocycles. The molecule has 1 atom stereocenters. The van der Waals surface area contributed by atoms with Crippen LogP contribution >= 0.6 is 0 Å². The zero-order valence-corrected chi connectivity index (χ0v) is 10.7. The lowest BCUT2D eigenvalue weighted by molar-refractivity contribution is -0.124. The topological polar surface area (TPSA) is 29.1 Å². The van der Waals surface area contributed by atoms with Crippen LogP contribution < -0.4 is 5.32 Å². The Kier molecular flexibility index (Phi) is 9.91. The van der Waals surface area contributed by atoms with Crippen molar-refractivity contribution in [1.82, 2.24) is 5.32 Å². The first-order valence-electron chi connectivity index (χ1n) is 6.43. The maximum atomic E-state index is 11.5.